The van der Waals surface area contributed by atoms with Crippen molar-refractivity contribution >= 4 is 42.8 Å². The second kappa shape index (κ2) is 12.2. The van der Waals surface area contributed by atoms with E-state index in [9.17, 15) is 21.9 Å². The number of aromatic nitrogens is 2. The van der Waals surface area contributed by atoms with Crippen molar-refractivity contribution in [3.05, 3.63) is 48.5 Å². The highest BCUT2D eigenvalue weighted by molar-refractivity contribution is 7.92. The van der Waals surface area contributed by atoms with Crippen LogP contribution in [0.2, 0.25) is 0 Å². The standard InChI is InChI=1S/C29H36N6O7S2/c1-34(2)18-9-11-20(24(15-18)41-5)26-27(21-12-10-19(35(3)4)16-25(21)42-6)31-29(30-26)17-13-22(32-43(7,37)38)28(36)23(14-17)33-44(8,39)40/h9-16,32-33,36H,1-8H3,(H,30,31). The first-order valence-corrected chi connectivity index (χ1v) is 16.9. The maximum atomic E-state index is 12.1. The minimum absolute atomic E-state index is 0.239. The molecule has 0 aliphatic carbocycles. The Morgan fingerprint density at radius 1 is 0.750 bits per heavy atom. The van der Waals surface area contributed by atoms with Gasteiger partial charge in [-0.25, -0.2) is 21.8 Å². The van der Waals surface area contributed by atoms with E-state index >= 15 is 0 Å². The largest absolute Gasteiger partial charge is 0.504 e. The van der Waals surface area contributed by atoms with Gasteiger partial charge in [0.05, 0.1) is 43.8 Å². The van der Waals surface area contributed by atoms with Gasteiger partial charge in [-0.15, -0.1) is 0 Å². The van der Waals surface area contributed by atoms with Gasteiger partial charge in [-0.3, -0.25) is 9.44 Å². The molecule has 15 heteroatoms. The normalized spacial score (nSPS) is 11.6. The Morgan fingerprint density at radius 2 is 1.20 bits per heavy atom. The maximum absolute atomic E-state index is 12.1. The number of aromatic amines is 1. The molecule has 0 saturated heterocycles. The molecular formula is C29H36N6O7S2. The molecule has 13 nitrogen and oxygen atoms in total. The lowest BCUT2D eigenvalue weighted by atomic mass is 10.0. The van der Waals surface area contributed by atoms with Crippen LogP contribution in [0.4, 0.5) is 22.7 Å². The molecule has 4 aromatic rings. The topological polar surface area (TPSA) is 166 Å². The molecule has 0 saturated carbocycles. The number of nitrogens with one attached hydrogen (secondary N) is 3. The number of phenolic OH excluding ortho intramolecular Hbond substituents is 1. The summed E-state index contributed by atoms with van der Waals surface area (Å²) in [6, 6.07) is 14.1. The molecule has 236 valence electrons. The lowest BCUT2D eigenvalue weighted by Gasteiger charge is -2.17. The number of nitrogens with zero attached hydrogens (tertiary/aromatic N) is 3. The van der Waals surface area contributed by atoms with Crippen LogP contribution in [0, 0.1) is 0 Å². The van der Waals surface area contributed by atoms with Gasteiger partial charge in [-0.05, 0) is 36.4 Å². The van der Waals surface area contributed by atoms with Gasteiger partial charge in [0, 0.05) is 68.4 Å². The third-order valence-corrected chi connectivity index (χ3v) is 7.79. The first kappa shape index (κ1) is 32.3. The second-order valence-corrected chi connectivity index (χ2v) is 14.0. The van der Waals surface area contributed by atoms with Crippen molar-refractivity contribution in [2.24, 2.45) is 0 Å². The molecule has 0 aliphatic heterocycles. The molecule has 0 fully saturated rings. The Morgan fingerprint density at radius 3 is 1.64 bits per heavy atom. The van der Waals surface area contributed by atoms with Gasteiger partial charge in [-0.2, -0.15) is 0 Å². The predicted molar refractivity (Wildman–Crippen MR) is 175 cm³/mol. The van der Waals surface area contributed by atoms with E-state index in [1.807, 2.05) is 74.4 Å². The minimum atomic E-state index is -3.85. The van der Waals surface area contributed by atoms with Crippen molar-refractivity contribution in [2.75, 3.05) is 74.2 Å². The zero-order chi connectivity index (χ0) is 32.6. The first-order valence-electron chi connectivity index (χ1n) is 13.2. The van der Waals surface area contributed by atoms with Crippen LogP contribution in [-0.4, -0.2) is 86.8 Å². The number of methoxy groups -OCH3 is 2. The highest BCUT2D eigenvalue weighted by Gasteiger charge is 2.24. The molecule has 4 N–H and O–H groups in total. The number of imidazole rings is 1. The predicted octanol–water partition coefficient (Wildman–Crippen LogP) is 4.01. The van der Waals surface area contributed by atoms with Crippen LogP contribution in [0.1, 0.15) is 0 Å². The van der Waals surface area contributed by atoms with Gasteiger partial charge in [0.2, 0.25) is 20.0 Å². The number of hydrogen-bond donors (Lipinski definition) is 4. The summed E-state index contributed by atoms with van der Waals surface area (Å²) < 4.78 is 64.4. The van der Waals surface area contributed by atoms with Crippen LogP contribution in [-0.2, 0) is 20.0 Å². The Hall–Kier alpha value is -4.63. The number of rotatable bonds is 11. The average Bonchev–Trinajstić information content (AvgIpc) is 3.37. The van der Waals surface area contributed by atoms with E-state index in [2.05, 4.69) is 14.4 Å². The maximum Gasteiger partial charge on any atom is 0.229 e. The van der Waals surface area contributed by atoms with E-state index in [4.69, 9.17) is 14.5 Å². The van der Waals surface area contributed by atoms with Crippen molar-refractivity contribution in [1.29, 1.82) is 0 Å². The van der Waals surface area contributed by atoms with Crippen LogP contribution >= 0.6 is 0 Å². The minimum Gasteiger partial charge on any atom is -0.504 e. The molecule has 44 heavy (non-hydrogen) atoms. The summed E-state index contributed by atoms with van der Waals surface area (Å²) in [6.07, 6.45) is 1.83. The molecule has 0 atom stereocenters. The summed E-state index contributed by atoms with van der Waals surface area (Å²) >= 11 is 0. The van der Waals surface area contributed by atoms with Gasteiger partial charge < -0.3 is 29.4 Å². The van der Waals surface area contributed by atoms with Gasteiger partial charge in [0.25, 0.3) is 0 Å². The zero-order valence-electron chi connectivity index (χ0n) is 25.7. The number of anilines is 4. The third-order valence-electron chi connectivity index (χ3n) is 6.61. The Kier molecular flexibility index (Phi) is 8.93. The lowest BCUT2D eigenvalue weighted by molar-refractivity contribution is 0.415. The summed E-state index contributed by atoms with van der Waals surface area (Å²) in [5.41, 5.74) is 3.98. The van der Waals surface area contributed by atoms with Crippen molar-refractivity contribution < 1.29 is 31.4 Å². The van der Waals surface area contributed by atoms with Gasteiger partial charge >= 0.3 is 0 Å². The van der Waals surface area contributed by atoms with Crippen molar-refractivity contribution in [2.45, 2.75) is 0 Å². The molecule has 0 radical (unpaired) electrons. The summed E-state index contributed by atoms with van der Waals surface area (Å²) in [7, 11) is 3.09. The van der Waals surface area contributed by atoms with Gasteiger partial charge in [0.15, 0.2) is 5.75 Å². The van der Waals surface area contributed by atoms with Crippen LogP contribution in [0.25, 0.3) is 33.9 Å². The van der Waals surface area contributed by atoms with E-state index in [-0.39, 0.29) is 22.8 Å². The van der Waals surface area contributed by atoms with Crippen LogP contribution in [0.5, 0.6) is 17.2 Å². The smallest absolute Gasteiger partial charge is 0.229 e. The van der Waals surface area contributed by atoms with Crippen molar-refractivity contribution in [3.63, 3.8) is 0 Å². The monoisotopic (exact) mass is 644 g/mol. The van der Waals surface area contributed by atoms with E-state index in [0.717, 1.165) is 23.9 Å². The van der Waals surface area contributed by atoms with Gasteiger partial charge in [0.1, 0.15) is 23.0 Å². The van der Waals surface area contributed by atoms with Crippen LogP contribution in [0.3, 0.4) is 0 Å². The van der Waals surface area contributed by atoms with E-state index in [0.29, 0.717) is 34.0 Å². The van der Waals surface area contributed by atoms with Crippen molar-refractivity contribution in [1.82, 2.24) is 9.97 Å². The number of benzene rings is 3. The molecule has 4 rings (SSSR count). The highest BCUT2D eigenvalue weighted by atomic mass is 32.2. The van der Waals surface area contributed by atoms with E-state index in [1.165, 1.54) is 12.1 Å². The summed E-state index contributed by atoms with van der Waals surface area (Å²) in [5.74, 6) is 0.754. The molecular weight excluding hydrogens is 608 g/mol. The van der Waals surface area contributed by atoms with Crippen LogP contribution < -0.4 is 28.7 Å². The van der Waals surface area contributed by atoms with Crippen LogP contribution in [0.15, 0.2) is 48.5 Å². The summed E-state index contributed by atoms with van der Waals surface area (Å²) in [5, 5.41) is 10.8. The van der Waals surface area contributed by atoms with E-state index < -0.39 is 25.8 Å². The lowest BCUT2D eigenvalue weighted by Crippen LogP contribution is -2.13. The molecule has 0 unspecified atom stereocenters. The molecule has 0 bridgehead atoms. The Balaban J connectivity index is 2.05. The van der Waals surface area contributed by atoms with Gasteiger partial charge in [-0.1, -0.05) is 0 Å². The fourth-order valence-electron chi connectivity index (χ4n) is 4.54. The molecule has 0 aliphatic rings. The van der Waals surface area contributed by atoms with Crippen molar-refractivity contribution in [3.8, 4) is 51.2 Å². The summed E-state index contributed by atoms with van der Waals surface area (Å²) in [6.45, 7) is 0. The Bertz CT molecular complexity index is 1790. The number of aromatic hydroxyl groups is 1. The number of phenols is 1. The van der Waals surface area contributed by atoms with E-state index in [1.54, 1.807) is 14.2 Å². The SMILES string of the molecule is COc1cc(N(C)C)ccc1-c1nc(-c2cc(NS(C)(=O)=O)c(O)c(NS(C)(=O)=O)c2)[nH]c1-c1ccc(N(C)C)cc1OC. The number of ether oxygens (including phenoxy) is 2. The molecule has 1 heterocycles. The fraction of sp³-hybridized carbons (Fsp3) is 0.276. The first-order chi connectivity index (χ1) is 20.5. The summed E-state index contributed by atoms with van der Waals surface area (Å²) in [4.78, 5) is 12.1. The Labute approximate surface area is 257 Å². The molecule has 0 spiro atoms. The quantitative estimate of drug-likeness (QED) is 0.175. The average molecular weight is 645 g/mol. The number of hydrogen-bond acceptors (Lipinski definition) is 10. The molecule has 1 aromatic heterocycles. The molecule has 0 amide bonds. The number of H-pyrrole nitrogens is 1. The third kappa shape index (κ3) is 7.11. The zero-order valence-corrected chi connectivity index (χ0v) is 27.3. The number of sulfonamides is 2. The molecule has 3 aromatic carbocycles. The fourth-order valence-corrected chi connectivity index (χ4v) is 5.65. The highest BCUT2D eigenvalue weighted by Crippen LogP contribution is 2.44. The second-order valence-electron chi connectivity index (χ2n) is 10.5.